The highest BCUT2D eigenvalue weighted by Crippen LogP contribution is 1.93. The summed E-state index contributed by atoms with van der Waals surface area (Å²) >= 11 is 0. The Morgan fingerprint density at radius 1 is 0.929 bits per heavy atom. The minimum atomic E-state index is 0.884. The number of hydrogen-bond acceptors (Lipinski definition) is 0. The molecule has 0 aliphatic heterocycles. The molecule has 0 saturated carbocycles. The van der Waals surface area contributed by atoms with Crippen molar-refractivity contribution in [2.24, 2.45) is 5.92 Å². The molecule has 0 heterocycles. The standard InChI is InChI=1S/C5H12.C3H6.3C2H6/c1-4-5(2)3;1-3-2;3*1-2/h5H,4H2,1-3H3;3H,1H2,2H3;3*1-2H3. The van der Waals surface area contributed by atoms with Crippen molar-refractivity contribution in [2.45, 2.75) is 75.7 Å². The normalized spacial score (nSPS) is 5.64. The van der Waals surface area contributed by atoms with Crippen molar-refractivity contribution in [2.75, 3.05) is 0 Å². The van der Waals surface area contributed by atoms with Gasteiger partial charge in [-0.15, -0.1) is 6.58 Å². The van der Waals surface area contributed by atoms with Gasteiger partial charge in [0, 0.05) is 0 Å². The van der Waals surface area contributed by atoms with Crippen molar-refractivity contribution in [3.05, 3.63) is 12.7 Å². The van der Waals surface area contributed by atoms with E-state index in [4.69, 9.17) is 0 Å². The van der Waals surface area contributed by atoms with Crippen molar-refractivity contribution in [3.8, 4) is 0 Å². The Kier molecular flexibility index (Phi) is 163. The lowest BCUT2D eigenvalue weighted by Gasteiger charge is -1.90. The maximum Gasteiger partial charge on any atom is -0.0473 e. The smallest absolute Gasteiger partial charge is 0.0473 e. The summed E-state index contributed by atoms with van der Waals surface area (Å²) in [5.41, 5.74) is 0. The molecule has 0 radical (unpaired) electrons. The first-order chi connectivity index (χ1) is 6.68. The summed E-state index contributed by atoms with van der Waals surface area (Å²) in [6, 6.07) is 0. The second-order valence-electron chi connectivity index (χ2n) is 2.21. The van der Waals surface area contributed by atoms with E-state index in [1.165, 1.54) is 6.42 Å². The SMILES string of the molecule is C=CC.CC.CC.CC.CCC(C)C. The van der Waals surface area contributed by atoms with Crippen LogP contribution >= 0.6 is 0 Å². The summed E-state index contributed by atoms with van der Waals surface area (Å²) in [7, 11) is 0. The number of hydrogen-bond donors (Lipinski definition) is 0. The van der Waals surface area contributed by atoms with Gasteiger partial charge in [0.05, 0.1) is 0 Å². The van der Waals surface area contributed by atoms with Crippen molar-refractivity contribution in [1.29, 1.82) is 0 Å². The predicted octanol–water partition coefficient (Wildman–Crippen LogP) is 6.32. The van der Waals surface area contributed by atoms with E-state index in [2.05, 4.69) is 27.4 Å². The third-order valence-electron chi connectivity index (χ3n) is 0.816. The molecule has 0 aromatic heterocycles. The maximum absolute atomic E-state index is 3.36. The van der Waals surface area contributed by atoms with Gasteiger partial charge in [0.2, 0.25) is 0 Å². The monoisotopic (exact) mass is 204 g/mol. The summed E-state index contributed by atoms with van der Waals surface area (Å²) in [6.07, 6.45) is 3.06. The van der Waals surface area contributed by atoms with Crippen LogP contribution in [-0.4, -0.2) is 0 Å². The van der Waals surface area contributed by atoms with E-state index in [0.29, 0.717) is 0 Å². The van der Waals surface area contributed by atoms with Crippen LogP contribution in [0.2, 0.25) is 0 Å². The predicted molar refractivity (Wildman–Crippen MR) is 75.0 cm³/mol. The lowest BCUT2D eigenvalue weighted by Crippen LogP contribution is -1.77. The Labute approximate surface area is 94.8 Å². The molecule has 0 atom stereocenters. The molecule has 0 aromatic carbocycles. The van der Waals surface area contributed by atoms with E-state index in [-0.39, 0.29) is 0 Å². The molecule has 0 nitrogen and oxygen atoms in total. The first kappa shape index (κ1) is 29.2. The van der Waals surface area contributed by atoms with Gasteiger partial charge in [-0.1, -0.05) is 74.8 Å². The summed E-state index contributed by atoms with van der Waals surface area (Å²) in [6.45, 7) is 23.9. The lowest BCUT2D eigenvalue weighted by molar-refractivity contribution is 0.626. The first-order valence-electron chi connectivity index (χ1n) is 6.26. The van der Waals surface area contributed by atoms with Crippen LogP contribution in [0.15, 0.2) is 12.7 Å². The fourth-order valence-electron chi connectivity index (χ4n) is 0. The zero-order chi connectivity index (χ0) is 13.0. The van der Waals surface area contributed by atoms with Gasteiger partial charge < -0.3 is 0 Å². The minimum Gasteiger partial charge on any atom is -0.103 e. The molecule has 0 aliphatic carbocycles. The van der Waals surface area contributed by atoms with E-state index in [0.717, 1.165) is 5.92 Å². The molecule has 0 unspecified atom stereocenters. The molecule has 0 fully saturated rings. The number of rotatable bonds is 1. The Bertz CT molecular complexity index is 35.3. The van der Waals surface area contributed by atoms with Crippen LogP contribution in [0.25, 0.3) is 0 Å². The van der Waals surface area contributed by atoms with Gasteiger partial charge in [-0.2, -0.15) is 0 Å². The molecule has 0 aliphatic rings. The third-order valence-corrected chi connectivity index (χ3v) is 0.816. The summed E-state index contributed by atoms with van der Waals surface area (Å²) in [5, 5.41) is 0. The highest BCUT2D eigenvalue weighted by atomic mass is 13.9. The third kappa shape index (κ3) is 447. The molecule has 92 valence electrons. The van der Waals surface area contributed by atoms with Crippen LogP contribution in [0.5, 0.6) is 0 Å². The molecule has 0 rings (SSSR count). The van der Waals surface area contributed by atoms with E-state index in [1.54, 1.807) is 6.08 Å². The highest BCUT2D eigenvalue weighted by molar-refractivity contribution is 4.51. The van der Waals surface area contributed by atoms with Crippen LogP contribution < -0.4 is 0 Å². The maximum atomic E-state index is 3.36. The second kappa shape index (κ2) is 78.2. The van der Waals surface area contributed by atoms with Crippen molar-refractivity contribution in [1.82, 2.24) is 0 Å². The quantitative estimate of drug-likeness (QED) is 0.438. The lowest BCUT2D eigenvalue weighted by atomic mass is 10.2. The Morgan fingerprint density at radius 2 is 1.00 bits per heavy atom. The van der Waals surface area contributed by atoms with Gasteiger partial charge >= 0.3 is 0 Å². The molecule has 0 spiro atoms. The van der Waals surface area contributed by atoms with Crippen LogP contribution in [0.1, 0.15) is 75.7 Å². The van der Waals surface area contributed by atoms with Gasteiger partial charge in [-0.3, -0.25) is 0 Å². The van der Waals surface area contributed by atoms with Crippen LogP contribution in [-0.2, 0) is 0 Å². The first-order valence-corrected chi connectivity index (χ1v) is 6.26. The average molecular weight is 204 g/mol. The molecule has 0 saturated heterocycles. The van der Waals surface area contributed by atoms with Gasteiger partial charge in [0.1, 0.15) is 0 Å². The van der Waals surface area contributed by atoms with E-state index >= 15 is 0 Å². The van der Waals surface area contributed by atoms with E-state index in [1.807, 2.05) is 48.5 Å². The van der Waals surface area contributed by atoms with E-state index in [9.17, 15) is 0 Å². The van der Waals surface area contributed by atoms with Gasteiger partial charge in [-0.05, 0) is 12.8 Å². The van der Waals surface area contributed by atoms with Crippen molar-refractivity contribution in [3.63, 3.8) is 0 Å². The van der Waals surface area contributed by atoms with Gasteiger partial charge in [0.25, 0.3) is 0 Å². The molecular formula is C14H36. The molecule has 0 amide bonds. The molecule has 0 N–H and O–H groups in total. The van der Waals surface area contributed by atoms with Crippen molar-refractivity contribution >= 4 is 0 Å². The van der Waals surface area contributed by atoms with Gasteiger partial charge in [0.15, 0.2) is 0 Å². The molecular weight excluding hydrogens is 168 g/mol. The molecule has 14 heavy (non-hydrogen) atoms. The fourth-order valence-corrected chi connectivity index (χ4v) is 0. The van der Waals surface area contributed by atoms with Crippen LogP contribution in [0.3, 0.4) is 0 Å². The van der Waals surface area contributed by atoms with Crippen LogP contribution in [0.4, 0.5) is 0 Å². The number of allylic oxidation sites excluding steroid dienone is 1. The average Bonchev–Trinajstić information content (AvgIpc) is 2.27. The molecule has 0 heteroatoms. The molecule has 0 aromatic rings. The zero-order valence-electron chi connectivity index (χ0n) is 12.6. The Hall–Kier alpha value is -0.260. The Morgan fingerprint density at radius 3 is 1.00 bits per heavy atom. The summed E-state index contributed by atoms with van der Waals surface area (Å²) < 4.78 is 0. The van der Waals surface area contributed by atoms with Crippen molar-refractivity contribution < 1.29 is 0 Å². The summed E-state index contributed by atoms with van der Waals surface area (Å²) in [4.78, 5) is 0. The fraction of sp³-hybridized carbons (Fsp3) is 0.857. The largest absolute Gasteiger partial charge is 0.103 e. The minimum absolute atomic E-state index is 0.884. The van der Waals surface area contributed by atoms with Crippen LogP contribution in [0, 0.1) is 5.92 Å². The topological polar surface area (TPSA) is 0 Å². The Balaban J connectivity index is -0.0000000263. The highest BCUT2D eigenvalue weighted by Gasteiger charge is 1.80. The second-order valence-corrected chi connectivity index (χ2v) is 2.21. The summed E-state index contributed by atoms with van der Waals surface area (Å²) in [5.74, 6) is 0.884. The zero-order valence-corrected chi connectivity index (χ0v) is 12.6. The van der Waals surface area contributed by atoms with E-state index < -0.39 is 0 Å². The molecule has 0 bridgehead atoms. The van der Waals surface area contributed by atoms with Gasteiger partial charge in [-0.25, -0.2) is 0 Å².